The standard InChI is InChI=1S/C11H18O3/c1-4-11(2,3)10(12)14-8-6-5-7-9(8)13-7/h7-9H,4-6H2,1-3H3. The molecule has 14 heavy (non-hydrogen) atoms. The molecule has 80 valence electrons. The highest BCUT2D eigenvalue weighted by Gasteiger charge is 2.52. The number of rotatable bonds is 3. The average molecular weight is 198 g/mol. The minimum absolute atomic E-state index is 0.0262. The molecule has 2 fully saturated rings. The largest absolute Gasteiger partial charge is 0.459 e. The Hall–Kier alpha value is -0.570. The molecule has 2 aliphatic rings. The van der Waals surface area contributed by atoms with Gasteiger partial charge in [0.1, 0.15) is 12.2 Å². The van der Waals surface area contributed by atoms with Gasteiger partial charge < -0.3 is 9.47 Å². The van der Waals surface area contributed by atoms with Crippen molar-refractivity contribution in [3.63, 3.8) is 0 Å². The number of hydrogen-bond acceptors (Lipinski definition) is 3. The molecule has 3 unspecified atom stereocenters. The molecule has 0 spiro atoms. The van der Waals surface area contributed by atoms with E-state index in [0.717, 1.165) is 19.3 Å². The Bertz CT molecular complexity index is 247. The number of carbonyl (C=O) groups excluding carboxylic acids is 1. The fourth-order valence-corrected chi connectivity index (χ4v) is 1.78. The van der Waals surface area contributed by atoms with Crippen LogP contribution in [0.4, 0.5) is 0 Å². The van der Waals surface area contributed by atoms with Gasteiger partial charge in [0.2, 0.25) is 0 Å². The van der Waals surface area contributed by atoms with E-state index in [4.69, 9.17) is 9.47 Å². The van der Waals surface area contributed by atoms with Gasteiger partial charge in [-0.3, -0.25) is 4.79 Å². The first-order valence-corrected chi connectivity index (χ1v) is 5.41. The lowest BCUT2D eigenvalue weighted by Gasteiger charge is -2.23. The molecular weight excluding hydrogens is 180 g/mol. The van der Waals surface area contributed by atoms with Crippen LogP contribution in [-0.4, -0.2) is 24.3 Å². The summed E-state index contributed by atoms with van der Waals surface area (Å²) in [5.74, 6) is -0.0823. The molecule has 0 aromatic carbocycles. The van der Waals surface area contributed by atoms with Crippen LogP contribution in [0.25, 0.3) is 0 Å². The van der Waals surface area contributed by atoms with Crippen LogP contribution in [-0.2, 0) is 14.3 Å². The van der Waals surface area contributed by atoms with Crippen LogP contribution in [0.15, 0.2) is 0 Å². The Balaban J connectivity index is 1.88. The second-order valence-corrected chi connectivity index (χ2v) is 4.90. The lowest BCUT2D eigenvalue weighted by atomic mass is 9.90. The van der Waals surface area contributed by atoms with Crippen molar-refractivity contribution in [3.8, 4) is 0 Å². The second-order valence-electron chi connectivity index (χ2n) is 4.90. The molecule has 3 nitrogen and oxygen atoms in total. The summed E-state index contributed by atoms with van der Waals surface area (Å²) < 4.78 is 10.8. The quantitative estimate of drug-likeness (QED) is 0.513. The first-order chi connectivity index (χ1) is 6.54. The van der Waals surface area contributed by atoms with Crippen LogP contribution in [0.1, 0.15) is 40.0 Å². The van der Waals surface area contributed by atoms with Crippen molar-refractivity contribution in [1.82, 2.24) is 0 Å². The van der Waals surface area contributed by atoms with Crippen molar-refractivity contribution in [2.24, 2.45) is 5.41 Å². The van der Waals surface area contributed by atoms with Crippen molar-refractivity contribution in [2.45, 2.75) is 58.3 Å². The molecule has 0 radical (unpaired) electrons. The molecule has 0 aromatic rings. The Labute approximate surface area is 84.8 Å². The smallest absolute Gasteiger partial charge is 0.311 e. The number of carbonyl (C=O) groups is 1. The van der Waals surface area contributed by atoms with E-state index in [9.17, 15) is 4.79 Å². The van der Waals surface area contributed by atoms with Crippen molar-refractivity contribution < 1.29 is 14.3 Å². The molecular formula is C11H18O3. The van der Waals surface area contributed by atoms with Crippen molar-refractivity contribution in [1.29, 1.82) is 0 Å². The van der Waals surface area contributed by atoms with E-state index in [2.05, 4.69) is 0 Å². The van der Waals surface area contributed by atoms with Crippen molar-refractivity contribution >= 4 is 5.97 Å². The van der Waals surface area contributed by atoms with Gasteiger partial charge in [0.05, 0.1) is 11.5 Å². The van der Waals surface area contributed by atoms with Gasteiger partial charge >= 0.3 is 5.97 Å². The first-order valence-electron chi connectivity index (χ1n) is 5.41. The highest BCUT2D eigenvalue weighted by atomic mass is 16.6. The molecule has 0 amide bonds. The third kappa shape index (κ3) is 1.65. The van der Waals surface area contributed by atoms with Crippen molar-refractivity contribution in [3.05, 3.63) is 0 Å². The van der Waals surface area contributed by atoms with Crippen LogP contribution >= 0.6 is 0 Å². The van der Waals surface area contributed by atoms with E-state index in [1.807, 2.05) is 20.8 Å². The number of esters is 1. The lowest BCUT2D eigenvalue weighted by Crippen LogP contribution is -2.31. The molecule has 1 saturated carbocycles. The van der Waals surface area contributed by atoms with E-state index >= 15 is 0 Å². The van der Waals surface area contributed by atoms with E-state index in [1.165, 1.54) is 0 Å². The Kier molecular flexibility index (Phi) is 2.30. The molecule has 2 rings (SSSR count). The van der Waals surface area contributed by atoms with Gasteiger partial charge in [0, 0.05) is 0 Å². The Morgan fingerprint density at radius 2 is 2.21 bits per heavy atom. The summed E-state index contributed by atoms with van der Waals surface area (Å²) in [6, 6.07) is 0. The van der Waals surface area contributed by atoms with Crippen LogP contribution in [0.3, 0.4) is 0 Å². The predicted molar refractivity (Wildman–Crippen MR) is 51.8 cm³/mol. The van der Waals surface area contributed by atoms with Crippen LogP contribution in [0, 0.1) is 5.41 Å². The highest BCUT2D eigenvalue weighted by Crippen LogP contribution is 2.41. The minimum atomic E-state index is -0.354. The molecule has 0 N–H and O–H groups in total. The zero-order valence-electron chi connectivity index (χ0n) is 9.08. The topological polar surface area (TPSA) is 38.8 Å². The maximum absolute atomic E-state index is 11.7. The summed E-state index contributed by atoms with van der Waals surface area (Å²) >= 11 is 0. The summed E-state index contributed by atoms with van der Waals surface area (Å²) in [6.07, 6.45) is 3.46. The fraction of sp³-hybridized carbons (Fsp3) is 0.909. The summed E-state index contributed by atoms with van der Waals surface area (Å²) in [5.41, 5.74) is -0.354. The maximum atomic E-state index is 11.7. The van der Waals surface area contributed by atoms with E-state index in [-0.39, 0.29) is 23.6 Å². The SMILES string of the molecule is CCC(C)(C)C(=O)OC1CCC2OC12. The van der Waals surface area contributed by atoms with Gasteiger partial charge in [0.25, 0.3) is 0 Å². The normalized spacial score (nSPS) is 35.2. The lowest BCUT2D eigenvalue weighted by molar-refractivity contribution is -0.161. The number of hydrogen-bond donors (Lipinski definition) is 0. The third-order valence-electron chi connectivity index (χ3n) is 3.42. The molecule has 1 aliphatic carbocycles. The van der Waals surface area contributed by atoms with Gasteiger partial charge in [-0.05, 0) is 33.1 Å². The highest BCUT2D eigenvalue weighted by molar-refractivity contribution is 5.76. The van der Waals surface area contributed by atoms with Crippen LogP contribution in [0.5, 0.6) is 0 Å². The van der Waals surface area contributed by atoms with Gasteiger partial charge in [-0.1, -0.05) is 6.92 Å². The predicted octanol–water partition coefficient (Wildman–Crippen LogP) is 1.90. The maximum Gasteiger partial charge on any atom is 0.311 e. The van der Waals surface area contributed by atoms with Gasteiger partial charge in [-0.2, -0.15) is 0 Å². The van der Waals surface area contributed by atoms with Crippen LogP contribution < -0.4 is 0 Å². The molecule has 3 atom stereocenters. The Morgan fingerprint density at radius 3 is 2.64 bits per heavy atom. The fourth-order valence-electron chi connectivity index (χ4n) is 1.78. The zero-order valence-corrected chi connectivity index (χ0v) is 9.08. The summed E-state index contributed by atoms with van der Waals surface area (Å²) in [4.78, 5) is 11.7. The van der Waals surface area contributed by atoms with Crippen LogP contribution in [0.2, 0.25) is 0 Å². The van der Waals surface area contributed by atoms with E-state index < -0.39 is 0 Å². The second kappa shape index (κ2) is 3.23. The van der Waals surface area contributed by atoms with Gasteiger partial charge in [0.15, 0.2) is 0 Å². The van der Waals surface area contributed by atoms with Gasteiger partial charge in [-0.15, -0.1) is 0 Å². The monoisotopic (exact) mass is 198 g/mol. The summed E-state index contributed by atoms with van der Waals surface area (Å²) in [5, 5.41) is 0. The van der Waals surface area contributed by atoms with Crippen molar-refractivity contribution in [2.75, 3.05) is 0 Å². The number of ether oxygens (including phenoxy) is 2. The summed E-state index contributed by atoms with van der Waals surface area (Å²) in [7, 11) is 0. The first kappa shape index (κ1) is 9.97. The minimum Gasteiger partial charge on any atom is -0.459 e. The van der Waals surface area contributed by atoms with E-state index in [1.54, 1.807) is 0 Å². The molecule has 0 aromatic heterocycles. The average Bonchev–Trinajstić information content (AvgIpc) is 2.84. The molecule has 1 heterocycles. The molecule has 1 aliphatic heterocycles. The molecule has 1 saturated heterocycles. The van der Waals surface area contributed by atoms with Gasteiger partial charge in [-0.25, -0.2) is 0 Å². The molecule has 3 heteroatoms. The summed E-state index contributed by atoms with van der Waals surface area (Å²) in [6.45, 7) is 5.86. The number of fused-ring (bicyclic) bond motifs is 1. The number of epoxide rings is 1. The zero-order chi connectivity index (χ0) is 10.3. The van der Waals surface area contributed by atoms with E-state index in [0.29, 0.717) is 6.10 Å². The Morgan fingerprint density at radius 1 is 1.50 bits per heavy atom. The molecule has 0 bridgehead atoms. The third-order valence-corrected chi connectivity index (χ3v) is 3.42.